The molecule has 0 fully saturated rings. The van der Waals surface area contributed by atoms with E-state index in [1.807, 2.05) is 48.5 Å². The molecular formula is C18H29N3O3. The first-order valence-corrected chi connectivity index (χ1v) is 8.35. The van der Waals surface area contributed by atoms with Crippen LogP contribution in [0.15, 0.2) is 30.7 Å². The van der Waals surface area contributed by atoms with Crippen LogP contribution in [-0.2, 0) is 0 Å². The Hall–Kier alpha value is -2.50. The van der Waals surface area contributed by atoms with Crippen LogP contribution in [0.5, 0.6) is 5.88 Å². The second kappa shape index (κ2) is 15.4. The van der Waals surface area contributed by atoms with Gasteiger partial charge in [0.1, 0.15) is 5.69 Å². The van der Waals surface area contributed by atoms with Crippen molar-refractivity contribution in [2.45, 2.75) is 48.5 Å². The van der Waals surface area contributed by atoms with Crippen LogP contribution >= 0.6 is 0 Å². The minimum atomic E-state index is -1.06. The van der Waals surface area contributed by atoms with E-state index in [0.717, 1.165) is 0 Å². The molecule has 1 N–H and O–H groups in total. The van der Waals surface area contributed by atoms with Gasteiger partial charge in [-0.1, -0.05) is 41.5 Å². The Labute approximate surface area is 145 Å². The third-order valence-corrected chi connectivity index (χ3v) is 2.18. The predicted octanol–water partition coefficient (Wildman–Crippen LogP) is 4.71. The Kier molecular flexibility index (Phi) is 15.2. The van der Waals surface area contributed by atoms with Crippen molar-refractivity contribution in [2.75, 3.05) is 6.61 Å². The molecule has 0 saturated heterocycles. The fourth-order valence-corrected chi connectivity index (χ4v) is 1.38. The largest absolute Gasteiger partial charge is 0.477 e. The predicted molar refractivity (Wildman–Crippen MR) is 97.4 cm³/mol. The lowest BCUT2D eigenvalue weighted by Crippen LogP contribution is -2.00. The molecule has 0 aliphatic carbocycles. The van der Waals surface area contributed by atoms with Crippen molar-refractivity contribution in [3.8, 4) is 17.1 Å². The summed E-state index contributed by atoms with van der Waals surface area (Å²) in [5.41, 5.74) is 1.27. The standard InChI is InChI=1S/C12H11N3O3.3C2H6/c1-2-18-11-7-13-6-10(15-11)8-3-4-9(12(16)17)14-5-8;3*1-2/h3-7H,2H2,1H3,(H,16,17);3*1-2H3. The molecule has 0 spiro atoms. The summed E-state index contributed by atoms with van der Waals surface area (Å²) in [7, 11) is 0. The van der Waals surface area contributed by atoms with Crippen molar-refractivity contribution >= 4 is 5.97 Å². The normalized spacial score (nSPS) is 8.29. The quantitative estimate of drug-likeness (QED) is 0.870. The number of pyridine rings is 1. The van der Waals surface area contributed by atoms with Crippen molar-refractivity contribution in [1.29, 1.82) is 0 Å². The molecule has 0 aliphatic heterocycles. The van der Waals surface area contributed by atoms with Gasteiger partial charge in [-0.3, -0.25) is 4.98 Å². The minimum absolute atomic E-state index is 0.00679. The van der Waals surface area contributed by atoms with Gasteiger partial charge in [0.05, 0.1) is 24.7 Å². The van der Waals surface area contributed by atoms with Crippen molar-refractivity contribution in [3.63, 3.8) is 0 Å². The van der Waals surface area contributed by atoms with Crippen LogP contribution in [0.2, 0.25) is 0 Å². The molecule has 0 amide bonds. The van der Waals surface area contributed by atoms with Crippen LogP contribution in [0.3, 0.4) is 0 Å². The van der Waals surface area contributed by atoms with E-state index >= 15 is 0 Å². The van der Waals surface area contributed by atoms with Gasteiger partial charge in [-0.05, 0) is 19.1 Å². The number of nitrogens with zero attached hydrogens (tertiary/aromatic N) is 3. The summed E-state index contributed by atoms with van der Waals surface area (Å²) in [5.74, 6) is -0.631. The molecule has 6 nitrogen and oxygen atoms in total. The highest BCUT2D eigenvalue weighted by atomic mass is 16.5. The highest BCUT2D eigenvalue weighted by Gasteiger charge is 2.06. The first-order chi connectivity index (χ1) is 11.7. The van der Waals surface area contributed by atoms with E-state index in [-0.39, 0.29) is 5.69 Å². The van der Waals surface area contributed by atoms with Crippen LogP contribution in [0.4, 0.5) is 0 Å². The highest BCUT2D eigenvalue weighted by molar-refractivity contribution is 5.85. The Morgan fingerprint density at radius 3 is 2.12 bits per heavy atom. The fraction of sp³-hybridized carbons (Fsp3) is 0.444. The number of carboxylic acid groups (broad SMARTS) is 1. The molecule has 134 valence electrons. The zero-order valence-corrected chi connectivity index (χ0v) is 15.7. The van der Waals surface area contributed by atoms with Gasteiger partial charge in [-0.15, -0.1) is 0 Å². The topological polar surface area (TPSA) is 85.2 Å². The lowest BCUT2D eigenvalue weighted by molar-refractivity contribution is 0.0690. The second-order valence-electron chi connectivity index (χ2n) is 3.41. The Morgan fingerprint density at radius 2 is 1.67 bits per heavy atom. The van der Waals surface area contributed by atoms with Crippen molar-refractivity contribution in [2.24, 2.45) is 0 Å². The lowest BCUT2D eigenvalue weighted by atomic mass is 10.2. The lowest BCUT2D eigenvalue weighted by Gasteiger charge is -2.04. The summed E-state index contributed by atoms with van der Waals surface area (Å²) in [4.78, 5) is 22.7. The van der Waals surface area contributed by atoms with Gasteiger partial charge in [0.15, 0.2) is 0 Å². The van der Waals surface area contributed by atoms with Crippen LogP contribution < -0.4 is 4.74 Å². The summed E-state index contributed by atoms with van der Waals surface area (Å²) in [6.07, 6.45) is 4.54. The third kappa shape index (κ3) is 8.22. The van der Waals surface area contributed by atoms with Gasteiger partial charge in [0.2, 0.25) is 5.88 Å². The molecule has 24 heavy (non-hydrogen) atoms. The van der Waals surface area contributed by atoms with Crippen LogP contribution in [0.1, 0.15) is 59.0 Å². The molecular weight excluding hydrogens is 306 g/mol. The molecule has 0 aromatic carbocycles. The van der Waals surface area contributed by atoms with Gasteiger partial charge >= 0.3 is 5.97 Å². The molecule has 0 bridgehead atoms. The Balaban J connectivity index is 0. The van der Waals surface area contributed by atoms with Crippen molar-refractivity contribution in [1.82, 2.24) is 15.0 Å². The molecule has 6 heteroatoms. The van der Waals surface area contributed by atoms with Gasteiger partial charge in [0, 0.05) is 11.8 Å². The zero-order chi connectivity index (χ0) is 19.0. The maximum atomic E-state index is 10.7. The Bertz CT molecular complexity index is 558. The number of aromatic carboxylic acids is 1. The maximum absolute atomic E-state index is 10.7. The van der Waals surface area contributed by atoms with Crippen LogP contribution in [-0.4, -0.2) is 32.6 Å². The van der Waals surface area contributed by atoms with E-state index in [4.69, 9.17) is 9.84 Å². The van der Waals surface area contributed by atoms with Gasteiger partial charge < -0.3 is 9.84 Å². The van der Waals surface area contributed by atoms with Gasteiger partial charge in [-0.2, -0.15) is 0 Å². The fourth-order valence-electron chi connectivity index (χ4n) is 1.38. The molecule has 0 atom stereocenters. The Morgan fingerprint density at radius 1 is 1.04 bits per heavy atom. The number of rotatable bonds is 4. The number of carbonyl (C=O) groups is 1. The summed E-state index contributed by atoms with van der Waals surface area (Å²) in [6.45, 7) is 14.4. The average Bonchev–Trinajstić information content (AvgIpc) is 2.67. The van der Waals surface area contributed by atoms with E-state index in [0.29, 0.717) is 23.7 Å². The second-order valence-corrected chi connectivity index (χ2v) is 3.41. The smallest absolute Gasteiger partial charge is 0.354 e. The van der Waals surface area contributed by atoms with Crippen molar-refractivity contribution < 1.29 is 14.6 Å². The number of hydrogen-bond donors (Lipinski definition) is 1. The van der Waals surface area contributed by atoms with Gasteiger partial charge in [-0.25, -0.2) is 14.8 Å². The molecule has 2 aromatic heterocycles. The van der Waals surface area contributed by atoms with Gasteiger partial charge in [0.25, 0.3) is 0 Å². The summed E-state index contributed by atoms with van der Waals surface area (Å²) >= 11 is 0. The summed E-state index contributed by atoms with van der Waals surface area (Å²) in [6, 6.07) is 3.06. The summed E-state index contributed by atoms with van der Waals surface area (Å²) in [5, 5.41) is 8.75. The van der Waals surface area contributed by atoms with E-state index in [9.17, 15) is 4.79 Å². The zero-order valence-electron chi connectivity index (χ0n) is 15.7. The van der Waals surface area contributed by atoms with E-state index < -0.39 is 5.97 Å². The molecule has 2 aromatic rings. The first kappa shape index (κ1) is 23.8. The number of carboxylic acids is 1. The highest BCUT2D eigenvalue weighted by Crippen LogP contribution is 2.17. The molecule has 0 radical (unpaired) electrons. The molecule has 2 heterocycles. The number of hydrogen-bond acceptors (Lipinski definition) is 5. The van der Waals surface area contributed by atoms with Crippen LogP contribution in [0.25, 0.3) is 11.3 Å². The van der Waals surface area contributed by atoms with E-state index in [2.05, 4.69) is 15.0 Å². The molecule has 0 unspecified atom stereocenters. The van der Waals surface area contributed by atoms with Crippen molar-refractivity contribution in [3.05, 3.63) is 36.4 Å². The first-order valence-electron chi connectivity index (χ1n) is 8.35. The third-order valence-electron chi connectivity index (χ3n) is 2.18. The number of aromatic nitrogens is 3. The number of ether oxygens (including phenoxy) is 1. The minimum Gasteiger partial charge on any atom is -0.477 e. The molecule has 0 saturated carbocycles. The SMILES string of the molecule is CC.CC.CC.CCOc1cncc(-c2ccc(C(=O)O)nc2)n1. The molecule has 2 rings (SSSR count). The average molecular weight is 335 g/mol. The maximum Gasteiger partial charge on any atom is 0.354 e. The molecule has 0 aliphatic rings. The monoisotopic (exact) mass is 335 g/mol. The van der Waals surface area contributed by atoms with Crippen LogP contribution in [0, 0.1) is 0 Å². The van der Waals surface area contributed by atoms with E-state index in [1.165, 1.54) is 18.5 Å². The summed E-state index contributed by atoms with van der Waals surface area (Å²) < 4.78 is 5.24. The van der Waals surface area contributed by atoms with E-state index in [1.54, 1.807) is 12.3 Å².